The number of fused-ring (bicyclic) bond motifs is 1. The number of carbonyl (C=O) groups excluding carboxylic acids is 1. The minimum atomic E-state index is -0.332. The lowest BCUT2D eigenvalue weighted by molar-refractivity contribution is 0.0951. The van der Waals surface area contributed by atoms with E-state index in [0.29, 0.717) is 24.2 Å². The quantitative estimate of drug-likeness (QED) is 0.763. The highest BCUT2D eigenvalue weighted by Crippen LogP contribution is 2.28. The molecule has 0 saturated heterocycles. The minimum Gasteiger partial charge on any atom is -0.506 e. The van der Waals surface area contributed by atoms with Crippen molar-refractivity contribution in [3.05, 3.63) is 54.2 Å². The number of aromatic nitrogens is 2. The molecule has 0 saturated carbocycles. The van der Waals surface area contributed by atoms with Crippen molar-refractivity contribution in [2.75, 3.05) is 6.54 Å². The second kappa shape index (κ2) is 5.62. The summed E-state index contributed by atoms with van der Waals surface area (Å²) in [6.07, 6.45) is 1.71. The first-order valence-electron chi connectivity index (χ1n) is 6.50. The van der Waals surface area contributed by atoms with Gasteiger partial charge in [-0.2, -0.15) is 4.98 Å². The van der Waals surface area contributed by atoms with Crippen LogP contribution in [0.2, 0.25) is 0 Å². The molecule has 1 amide bonds. The summed E-state index contributed by atoms with van der Waals surface area (Å²) in [6.45, 7) is 0.366. The van der Waals surface area contributed by atoms with Crippen molar-refractivity contribution in [2.24, 2.45) is 0 Å². The van der Waals surface area contributed by atoms with Gasteiger partial charge >= 0.3 is 0 Å². The molecule has 1 aromatic heterocycles. The Morgan fingerprint density at radius 1 is 1.24 bits per heavy atom. The van der Waals surface area contributed by atoms with Gasteiger partial charge in [0.1, 0.15) is 5.75 Å². The lowest BCUT2D eigenvalue weighted by Gasteiger charge is -2.08. The predicted octanol–water partition coefficient (Wildman–Crippen LogP) is 1.90. The van der Waals surface area contributed by atoms with E-state index in [0.717, 1.165) is 5.39 Å². The highest BCUT2D eigenvalue weighted by molar-refractivity contribution is 6.03. The number of nitrogens with one attached hydrogen (secondary N) is 1. The van der Waals surface area contributed by atoms with E-state index >= 15 is 0 Å². The summed E-state index contributed by atoms with van der Waals surface area (Å²) in [5.74, 6) is 0.185. The van der Waals surface area contributed by atoms with Crippen molar-refractivity contribution in [2.45, 2.75) is 6.42 Å². The third-order valence-corrected chi connectivity index (χ3v) is 3.19. The molecule has 2 aromatic carbocycles. The molecule has 6 nitrogen and oxygen atoms in total. The van der Waals surface area contributed by atoms with Crippen LogP contribution in [0.25, 0.3) is 10.8 Å². The van der Waals surface area contributed by atoms with Gasteiger partial charge < -0.3 is 14.9 Å². The normalized spacial score (nSPS) is 10.7. The first kappa shape index (κ1) is 13.1. The molecular formula is C15H13N3O3. The van der Waals surface area contributed by atoms with Gasteiger partial charge in [-0.25, -0.2) is 0 Å². The predicted molar refractivity (Wildman–Crippen MR) is 75.9 cm³/mol. The summed E-state index contributed by atoms with van der Waals surface area (Å²) < 4.78 is 4.61. The van der Waals surface area contributed by atoms with Gasteiger partial charge in [0, 0.05) is 18.4 Å². The zero-order valence-corrected chi connectivity index (χ0v) is 11.1. The van der Waals surface area contributed by atoms with Crippen LogP contribution in [0.15, 0.2) is 47.3 Å². The Bertz CT molecular complexity index is 769. The molecule has 6 heteroatoms. The zero-order chi connectivity index (χ0) is 14.7. The summed E-state index contributed by atoms with van der Waals surface area (Å²) >= 11 is 0. The molecule has 0 bridgehead atoms. The monoisotopic (exact) mass is 283 g/mol. The molecule has 3 rings (SSSR count). The van der Waals surface area contributed by atoms with Crippen LogP contribution in [0.5, 0.6) is 5.75 Å². The molecule has 0 spiro atoms. The summed E-state index contributed by atoms with van der Waals surface area (Å²) in [7, 11) is 0. The second-order valence-corrected chi connectivity index (χ2v) is 4.54. The van der Waals surface area contributed by atoms with Crippen molar-refractivity contribution in [1.29, 1.82) is 0 Å². The summed E-state index contributed by atoms with van der Waals surface area (Å²) in [6, 6.07) is 10.8. The van der Waals surface area contributed by atoms with E-state index in [1.165, 1.54) is 6.39 Å². The van der Waals surface area contributed by atoms with Gasteiger partial charge in [0.05, 0.1) is 5.56 Å². The number of nitrogens with zero attached hydrogens (tertiary/aromatic N) is 2. The van der Waals surface area contributed by atoms with Gasteiger partial charge in [-0.1, -0.05) is 35.5 Å². The summed E-state index contributed by atoms with van der Waals surface area (Å²) in [5.41, 5.74) is 0.252. The van der Waals surface area contributed by atoms with E-state index in [1.807, 2.05) is 24.3 Å². The first-order valence-corrected chi connectivity index (χ1v) is 6.50. The Labute approximate surface area is 120 Å². The van der Waals surface area contributed by atoms with Crippen LogP contribution < -0.4 is 5.32 Å². The molecule has 0 aliphatic rings. The second-order valence-electron chi connectivity index (χ2n) is 4.54. The zero-order valence-electron chi connectivity index (χ0n) is 11.1. The molecule has 0 aliphatic carbocycles. The lowest BCUT2D eigenvalue weighted by atomic mass is 10.0. The van der Waals surface area contributed by atoms with Gasteiger partial charge in [-0.15, -0.1) is 0 Å². The number of hydrogen-bond acceptors (Lipinski definition) is 5. The average Bonchev–Trinajstić information content (AvgIpc) is 3.01. The fourth-order valence-electron chi connectivity index (χ4n) is 2.12. The Morgan fingerprint density at radius 3 is 2.90 bits per heavy atom. The fraction of sp³-hybridized carbons (Fsp3) is 0.133. The van der Waals surface area contributed by atoms with E-state index in [2.05, 4.69) is 20.0 Å². The summed E-state index contributed by atoms with van der Waals surface area (Å²) in [4.78, 5) is 16.0. The molecule has 21 heavy (non-hydrogen) atoms. The molecule has 0 aliphatic heterocycles. The molecule has 3 aromatic rings. The van der Waals surface area contributed by atoms with Gasteiger partial charge in [0.25, 0.3) is 5.91 Å². The molecule has 0 fully saturated rings. The third kappa shape index (κ3) is 2.69. The third-order valence-electron chi connectivity index (χ3n) is 3.19. The van der Waals surface area contributed by atoms with Crippen molar-refractivity contribution >= 4 is 16.7 Å². The van der Waals surface area contributed by atoms with E-state index in [-0.39, 0.29) is 17.2 Å². The standard InChI is InChI=1S/C15H13N3O3/c19-14-11-4-2-1-3-10(11)5-6-12(14)15(20)16-8-7-13-17-9-21-18-13/h1-6,9,19H,7-8H2,(H,16,20). The van der Waals surface area contributed by atoms with E-state index in [4.69, 9.17) is 0 Å². The summed E-state index contributed by atoms with van der Waals surface area (Å²) in [5, 5.41) is 18.1. The topological polar surface area (TPSA) is 88.3 Å². The number of carbonyl (C=O) groups is 1. The average molecular weight is 283 g/mol. The largest absolute Gasteiger partial charge is 0.506 e. The number of phenolic OH excluding ortho intramolecular Hbond substituents is 1. The van der Waals surface area contributed by atoms with Crippen molar-refractivity contribution < 1.29 is 14.4 Å². The van der Waals surface area contributed by atoms with E-state index in [9.17, 15) is 9.90 Å². The lowest BCUT2D eigenvalue weighted by Crippen LogP contribution is -2.26. The number of amides is 1. The Morgan fingerprint density at radius 2 is 2.10 bits per heavy atom. The molecule has 2 N–H and O–H groups in total. The minimum absolute atomic E-state index is 0.00911. The van der Waals surface area contributed by atoms with Crippen LogP contribution in [0, 0.1) is 0 Å². The number of aromatic hydroxyl groups is 1. The maximum Gasteiger partial charge on any atom is 0.255 e. The van der Waals surface area contributed by atoms with Crippen LogP contribution in [-0.4, -0.2) is 27.7 Å². The van der Waals surface area contributed by atoms with E-state index < -0.39 is 0 Å². The number of hydrogen-bond donors (Lipinski definition) is 2. The maximum absolute atomic E-state index is 12.1. The van der Waals surface area contributed by atoms with Gasteiger partial charge in [-0.3, -0.25) is 4.79 Å². The van der Waals surface area contributed by atoms with Crippen molar-refractivity contribution in [3.8, 4) is 5.75 Å². The number of benzene rings is 2. The highest BCUT2D eigenvalue weighted by atomic mass is 16.5. The molecular weight excluding hydrogens is 270 g/mol. The number of rotatable bonds is 4. The first-order chi connectivity index (χ1) is 10.3. The van der Waals surface area contributed by atoms with Gasteiger partial charge in [0.2, 0.25) is 6.39 Å². The van der Waals surface area contributed by atoms with Crippen molar-refractivity contribution in [1.82, 2.24) is 15.5 Å². The van der Waals surface area contributed by atoms with Gasteiger partial charge in [0.15, 0.2) is 5.82 Å². The Kier molecular flexibility index (Phi) is 3.51. The van der Waals surface area contributed by atoms with E-state index in [1.54, 1.807) is 12.1 Å². The van der Waals surface area contributed by atoms with Crippen LogP contribution in [0.3, 0.4) is 0 Å². The Balaban J connectivity index is 1.74. The maximum atomic E-state index is 12.1. The molecule has 106 valence electrons. The van der Waals surface area contributed by atoms with Crippen LogP contribution in [0.4, 0.5) is 0 Å². The van der Waals surface area contributed by atoms with Gasteiger partial charge in [-0.05, 0) is 11.5 Å². The van der Waals surface area contributed by atoms with Crippen LogP contribution in [0.1, 0.15) is 16.2 Å². The van der Waals surface area contributed by atoms with Crippen molar-refractivity contribution in [3.63, 3.8) is 0 Å². The molecule has 0 radical (unpaired) electrons. The smallest absolute Gasteiger partial charge is 0.255 e. The van der Waals surface area contributed by atoms with Crippen LogP contribution >= 0.6 is 0 Å². The highest BCUT2D eigenvalue weighted by Gasteiger charge is 2.13. The number of phenols is 1. The Hall–Kier alpha value is -2.89. The molecule has 0 atom stereocenters. The van der Waals surface area contributed by atoms with Crippen LogP contribution in [-0.2, 0) is 6.42 Å². The fourth-order valence-corrected chi connectivity index (χ4v) is 2.12. The molecule has 1 heterocycles. The SMILES string of the molecule is O=C(NCCc1ncon1)c1ccc2ccccc2c1O. The molecule has 0 unspecified atom stereocenters.